The maximum Gasteiger partial charge on any atom is 0.225 e. The molecule has 1 rings (SSSR count). The van der Waals surface area contributed by atoms with Crippen LogP contribution in [0.4, 0.5) is 5.69 Å². The van der Waals surface area contributed by atoms with E-state index >= 15 is 0 Å². The van der Waals surface area contributed by atoms with Crippen molar-refractivity contribution in [2.45, 2.75) is 6.42 Å². The molecule has 0 atom stereocenters. The molecule has 0 radical (unpaired) electrons. The second-order valence-electron chi connectivity index (χ2n) is 2.47. The summed E-state index contributed by atoms with van der Waals surface area (Å²) in [4.78, 5) is 11.2. The number of halogens is 2. The number of hydrogen-bond donors (Lipinski definition) is 1. The molecule has 0 aliphatic heterocycles. The van der Waals surface area contributed by atoms with Gasteiger partial charge in [0.25, 0.3) is 0 Å². The molecule has 0 spiro atoms. The summed E-state index contributed by atoms with van der Waals surface area (Å²) in [5.41, 5.74) is 0.883. The highest BCUT2D eigenvalue weighted by Gasteiger charge is 2.02. The Balaban J connectivity index is 2.63. The molecule has 2 nitrogen and oxygen atoms in total. The smallest absolute Gasteiger partial charge is 0.225 e. The average molecular weight is 354 g/mol. The summed E-state index contributed by atoms with van der Waals surface area (Å²) < 4.78 is 1.06. The average Bonchev–Trinajstić information content (AvgIpc) is 2.09. The minimum absolute atomic E-state index is 0.0426. The lowest BCUT2D eigenvalue weighted by atomic mass is 10.3. The summed E-state index contributed by atoms with van der Waals surface area (Å²) in [5, 5.41) is 3.53. The number of amides is 1. The van der Waals surface area contributed by atoms with Crippen molar-refractivity contribution in [3.8, 4) is 0 Å². The van der Waals surface area contributed by atoms with Gasteiger partial charge in [0.1, 0.15) is 0 Å². The Kier molecular flexibility index (Phi) is 4.72. The van der Waals surface area contributed by atoms with E-state index in [4.69, 9.17) is 0 Å². The quantitative estimate of drug-likeness (QED) is 0.656. The number of rotatable bonds is 3. The van der Waals surface area contributed by atoms with Crippen molar-refractivity contribution in [1.82, 2.24) is 0 Å². The molecule has 1 N–H and O–H groups in total. The summed E-state index contributed by atoms with van der Waals surface area (Å²) in [6.45, 7) is 0. The Morgan fingerprint density at radius 1 is 1.46 bits per heavy atom. The van der Waals surface area contributed by atoms with Crippen LogP contribution in [-0.4, -0.2) is 11.2 Å². The van der Waals surface area contributed by atoms with Gasteiger partial charge < -0.3 is 5.32 Å². The molecule has 0 aromatic heterocycles. The van der Waals surface area contributed by atoms with Crippen LogP contribution in [0.25, 0.3) is 0 Å². The van der Waals surface area contributed by atoms with Crippen molar-refractivity contribution in [1.29, 1.82) is 0 Å². The first-order valence-electron chi connectivity index (χ1n) is 3.84. The molecule has 1 amide bonds. The number of carbonyl (C=O) groups is 1. The fourth-order valence-corrected chi connectivity index (χ4v) is 1.74. The summed E-state index contributed by atoms with van der Waals surface area (Å²) in [7, 11) is 0. The summed E-state index contributed by atoms with van der Waals surface area (Å²) in [6, 6.07) is 7.71. The third kappa shape index (κ3) is 3.64. The van der Waals surface area contributed by atoms with Crippen molar-refractivity contribution in [2.24, 2.45) is 0 Å². The predicted octanol–water partition coefficient (Wildman–Crippen LogP) is 3.01. The van der Waals surface area contributed by atoms with Gasteiger partial charge in [0.05, 0.1) is 5.69 Å². The molecule has 0 saturated carbocycles. The van der Waals surface area contributed by atoms with Crippen molar-refractivity contribution in [3.63, 3.8) is 0 Å². The molecular weight excluding hydrogens is 345 g/mol. The minimum Gasteiger partial charge on any atom is -0.325 e. The summed E-state index contributed by atoms with van der Waals surface area (Å²) in [6.07, 6.45) is 0.505. The molecular formula is C9H9BrINO. The topological polar surface area (TPSA) is 29.1 Å². The van der Waals surface area contributed by atoms with Gasteiger partial charge in [0, 0.05) is 15.3 Å². The first-order valence-corrected chi connectivity index (χ1v) is 6.04. The largest absolute Gasteiger partial charge is 0.325 e. The predicted molar refractivity (Wildman–Crippen MR) is 66.2 cm³/mol. The van der Waals surface area contributed by atoms with Gasteiger partial charge in [-0.15, -0.1) is 0 Å². The van der Waals surface area contributed by atoms with Gasteiger partial charge in [-0.05, 0) is 34.7 Å². The Morgan fingerprint density at radius 3 is 2.77 bits per heavy atom. The summed E-state index contributed by atoms with van der Waals surface area (Å²) >= 11 is 5.41. The van der Waals surface area contributed by atoms with Crippen LogP contribution in [0, 0.1) is 3.57 Å². The maximum atomic E-state index is 11.2. The van der Waals surface area contributed by atoms with Gasteiger partial charge >= 0.3 is 0 Å². The number of alkyl halides is 1. The van der Waals surface area contributed by atoms with Crippen LogP contribution in [-0.2, 0) is 4.79 Å². The number of hydrogen-bond acceptors (Lipinski definition) is 1. The van der Waals surface area contributed by atoms with Crippen LogP contribution in [0.2, 0.25) is 0 Å². The number of nitrogens with one attached hydrogen (secondary N) is 1. The highest BCUT2D eigenvalue weighted by molar-refractivity contribution is 14.1. The zero-order valence-corrected chi connectivity index (χ0v) is 10.6. The Hall–Kier alpha value is -0.100. The van der Waals surface area contributed by atoms with Crippen molar-refractivity contribution >= 4 is 50.1 Å². The van der Waals surface area contributed by atoms with Gasteiger partial charge in [0.2, 0.25) is 5.91 Å². The third-order valence-electron chi connectivity index (χ3n) is 1.47. The first-order chi connectivity index (χ1) is 6.24. The van der Waals surface area contributed by atoms with Gasteiger partial charge in [-0.1, -0.05) is 28.1 Å². The van der Waals surface area contributed by atoms with E-state index in [1.165, 1.54) is 0 Å². The second kappa shape index (κ2) is 5.59. The first kappa shape index (κ1) is 11.0. The number of anilines is 1. The normalized spacial score (nSPS) is 9.69. The number of para-hydroxylation sites is 1. The fraction of sp³-hybridized carbons (Fsp3) is 0.222. The molecule has 13 heavy (non-hydrogen) atoms. The van der Waals surface area contributed by atoms with Gasteiger partial charge in [-0.2, -0.15) is 0 Å². The lowest BCUT2D eigenvalue weighted by Gasteiger charge is -2.05. The molecule has 0 bridgehead atoms. The van der Waals surface area contributed by atoms with Crippen molar-refractivity contribution in [2.75, 3.05) is 10.6 Å². The van der Waals surface area contributed by atoms with Crippen molar-refractivity contribution in [3.05, 3.63) is 27.8 Å². The summed E-state index contributed by atoms with van der Waals surface area (Å²) in [5.74, 6) is 0.0426. The fourth-order valence-electron chi connectivity index (χ4n) is 0.861. The molecule has 0 aliphatic carbocycles. The van der Waals surface area contributed by atoms with Crippen molar-refractivity contribution < 1.29 is 4.79 Å². The number of benzene rings is 1. The second-order valence-corrected chi connectivity index (χ2v) is 4.42. The van der Waals surface area contributed by atoms with E-state index in [0.29, 0.717) is 11.8 Å². The van der Waals surface area contributed by atoms with Crippen LogP contribution in [0.3, 0.4) is 0 Å². The van der Waals surface area contributed by atoms with E-state index in [2.05, 4.69) is 43.8 Å². The van der Waals surface area contributed by atoms with Crippen LogP contribution in [0.1, 0.15) is 6.42 Å². The van der Waals surface area contributed by atoms with Gasteiger partial charge in [-0.25, -0.2) is 0 Å². The SMILES string of the molecule is O=C(CCBr)Nc1ccccc1I. The highest BCUT2D eigenvalue weighted by Crippen LogP contribution is 2.16. The zero-order valence-electron chi connectivity index (χ0n) is 6.89. The number of carbonyl (C=O) groups excluding carboxylic acids is 1. The van der Waals surface area contributed by atoms with E-state index in [-0.39, 0.29) is 5.91 Å². The van der Waals surface area contributed by atoms with E-state index in [0.717, 1.165) is 9.26 Å². The van der Waals surface area contributed by atoms with Gasteiger partial charge in [0.15, 0.2) is 0 Å². The molecule has 0 fully saturated rings. The van der Waals surface area contributed by atoms with E-state index < -0.39 is 0 Å². The Morgan fingerprint density at radius 2 is 2.15 bits per heavy atom. The standard InChI is InChI=1S/C9H9BrINO/c10-6-5-9(13)12-8-4-2-1-3-7(8)11/h1-4H,5-6H2,(H,12,13). The molecule has 1 aromatic rings. The lowest BCUT2D eigenvalue weighted by molar-refractivity contribution is -0.115. The molecule has 0 saturated heterocycles. The van der Waals surface area contributed by atoms with Crippen LogP contribution in [0.15, 0.2) is 24.3 Å². The molecule has 0 aliphatic rings. The molecule has 4 heteroatoms. The molecule has 0 heterocycles. The highest BCUT2D eigenvalue weighted by atomic mass is 127. The third-order valence-corrected chi connectivity index (χ3v) is 2.81. The monoisotopic (exact) mass is 353 g/mol. The molecule has 0 unspecified atom stereocenters. The zero-order chi connectivity index (χ0) is 9.68. The van der Waals surface area contributed by atoms with Crippen LogP contribution < -0.4 is 5.32 Å². The van der Waals surface area contributed by atoms with Crippen LogP contribution >= 0.6 is 38.5 Å². The van der Waals surface area contributed by atoms with Gasteiger partial charge in [-0.3, -0.25) is 4.79 Å². The lowest BCUT2D eigenvalue weighted by Crippen LogP contribution is -2.12. The Labute approximate surface area is 99.4 Å². The van der Waals surface area contributed by atoms with E-state index in [1.54, 1.807) is 0 Å². The molecule has 1 aromatic carbocycles. The Bertz CT molecular complexity index is 303. The minimum atomic E-state index is 0.0426. The van der Waals surface area contributed by atoms with E-state index in [1.807, 2.05) is 24.3 Å². The van der Waals surface area contributed by atoms with Crippen LogP contribution in [0.5, 0.6) is 0 Å². The molecule has 70 valence electrons. The maximum absolute atomic E-state index is 11.2. The van der Waals surface area contributed by atoms with E-state index in [9.17, 15) is 4.79 Å².